The minimum absolute atomic E-state index is 0.0953. The van der Waals surface area contributed by atoms with Crippen LogP contribution in [0.25, 0.3) is 0 Å². The zero-order valence-electron chi connectivity index (χ0n) is 16.2. The summed E-state index contributed by atoms with van der Waals surface area (Å²) in [5, 5.41) is 11.8. The molecule has 2 atom stereocenters. The number of nitrogens with zero attached hydrogens (tertiary/aromatic N) is 2. The number of rotatable bonds is 4. The topological polar surface area (TPSA) is 99.5 Å². The summed E-state index contributed by atoms with van der Waals surface area (Å²) in [6.07, 6.45) is 1.72. The Morgan fingerprint density at radius 3 is 2.70 bits per heavy atom. The Morgan fingerprint density at radius 1 is 1.37 bits per heavy atom. The number of ether oxygens (including phenoxy) is 1. The standard InChI is InChI=1S/C19H27N3O4S/c1-14(21-18(23)26-19(2,3)4)17-10-5-6-11-22(17)27(24,25)16-9-7-8-15(12-16)13-20/h7-9,12,14,17H,5-6,10-11H2,1-4H3,(H,21,23)/t14-,17+/m0/s1. The van der Waals surface area contributed by atoms with Crippen LogP contribution in [0.1, 0.15) is 52.5 Å². The maximum absolute atomic E-state index is 13.2. The van der Waals surface area contributed by atoms with Crippen LogP contribution in [-0.2, 0) is 14.8 Å². The molecule has 7 nitrogen and oxygen atoms in total. The number of nitriles is 1. The molecule has 27 heavy (non-hydrogen) atoms. The van der Waals surface area contributed by atoms with Gasteiger partial charge in [0.1, 0.15) is 5.60 Å². The first-order chi connectivity index (χ1) is 12.5. The molecule has 1 aliphatic heterocycles. The zero-order valence-corrected chi connectivity index (χ0v) is 17.0. The molecule has 1 N–H and O–H groups in total. The number of nitrogens with one attached hydrogen (secondary N) is 1. The molecule has 1 aromatic carbocycles. The van der Waals surface area contributed by atoms with Crippen molar-refractivity contribution >= 4 is 16.1 Å². The van der Waals surface area contributed by atoms with E-state index in [-0.39, 0.29) is 10.9 Å². The maximum Gasteiger partial charge on any atom is 0.407 e. The fourth-order valence-corrected chi connectivity index (χ4v) is 4.99. The average Bonchev–Trinajstić information content (AvgIpc) is 2.60. The van der Waals surface area contributed by atoms with Crippen LogP contribution < -0.4 is 5.32 Å². The molecule has 0 saturated carbocycles. The molecule has 0 aromatic heterocycles. The van der Waals surface area contributed by atoms with Crippen LogP contribution in [0.2, 0.25) is 0 Å². The lowest BCUT2D eigenvalue weighted by molar-refractivity contribution is 0.0478. The summed E-state index contributed by atoms with van der Waals surface area (Å²) in [5.41, 5.74) is -0.329. The van der Waals surface area contributed by atoms with E-state index in [4.69, 9.17) is 10.00 Å². The molecule has 1 aromatic rings. The Morgan fingerprint density at radius 2 is 2.07 bits per heavy atom. The van der Waals surface area contributed by atoms with Crippen molar-refractivity contribution in [2.45, 2.75) is 69.5 Å². The van der Waals surface area contributed by atoms with E-state index in [1.54, 1.807) is 39.8 Å². The molecular formula is C19H27N3O4S. The molecule has 1 amide bonds. The highest BCUT2D eigenvalue weighted by molar-refractivity contribution is 7.89. The van der Waals surface area contributed by atoms with E-state index in [9.17, 15) is 13.2 Å². The molecule has 0 spiro atoms. The van der Waals surface area contributed by atoms with Crippen LogP contribution >= 0.6 is 0 Å². The van der Waals surface area contributed by atoms with Gasteiger partial charge in [-0.3, -0.25) is 0 Å². The van der Waals surface area contributed by atoms with Gasteiger partial charge in [0.15, 0.2) is 0 Å². The Hall–Kier alpha value is -2.11. The number of hydrogen-bond acceptors (Lipinski definition) is 5. The fraction of sp³-hybridized carbons (Fsp3) is 0.579. The van der Waals surface area contributed by atoms with Crippen molar-refractivity contribution in [3.63, 3.8) is 0 Å². The first-order valence-electron chi connectivity index (χ1n) is 9.06. The lowest BCUT2D eigenvalue weighted by Crippen LogP contribution is -2.54. The van der Waals surface area contributed by atoms with Crippen molar-refractivity contribution in [3.05, 3.63) is 29.8 Å². The van der Waals surface area contributed by atoms with Crippen LogP contribution in [0.5, 0.6) is 0 Å². The van der Waals surface area contributed by atoms with Gasteiger partial charge in [-0.05, 0) is 58.7 Å². The van der Waals surface area contributed by atoms with Gasteiger partial charge in [-0.1, -0.05) is 12.5 Å². The second kappa shape index (κ2) is 8.28. The predicted octanol–water partition coefficient (Wildman–Crippen LogP) is 3.01. The lowest BCUT2D eigenvalue weighted by atomic mass is 9.99. The average molecular weight is 394 g/mol. The maximum atomic E-state index is 13.2. The summed E-state index contributed by atoms with van der Waals surface area (Å²) < 4.78 is 33.0. The summed E-state index contributed by atoms with van der Waals surface area (Å²) >= 11 is 0. The molecule has 1 saturated heterocycles. The summed E-state index contributed by atoms with van der Waals surface area (Å²) in [6.45, 7) is 7.49. The van der Waals surface area contributed by atoms with Gasteiger partial charge in [-0.25, -0.2) is 13.2 Å². The van der Waals surface area contributed by atoms with E-state index in [1.807, 2.05) is 6.07 Å². The Kier molecular flexibility index (Phi) is 6.50. The molecule has 0 radical (unpaired) electrons. The Labute approximate surface area is 161 Å². The molecule has 0 unspecified atom stereocenters. The zero-order chi connectivity index (χ0) is 20.2. The second-order valence-corrected chi connectivity index (χ2v) is 9.64. The van der Waals surface area contributed by atoms with Crippen LogP contribution in [0.15, 0.2) is 29.2 Å². The van der Waals surface area contributed by atoms with Gasteiger partial charge in [-0.2, -0.15) is 9.57 Å². The monoisotopic (exact) mass is 393 g/mol. The molecule has 0 aliphatic carbocycles. The summed E-state index contributed by atoms with van der Waals surface area (Å²) in [7, 11) is -3.77. The SMILES string of the molecule is C[C@H](NC(=O)OC(C)(C)C)[C@H]1CCCCN1S(=O)(=O)c1cccc(C#N)c1. The van der Waals surface area contributed by atoms with Crippen molar-refractivity contribution in [2.75, 3.05) is 6.54 Å². The van der Waals surface area contributed by atoms with E-state index in [0.29, 0.717) is 18.5 Å². The molecule has 2 rings (SSSR count). The van der Waals surface area contributed by atoms with Gasteiger partial charge in [0, 0.05) is 18.6 Å². The smallest absolute Gasteiger partial charge is 0.407 e. The minimum Gasteiger partial charge on any atom is -0.444 e. The molecular weight excluding hydrogens is 366 g/mol. The number of carbonyl (C=O) groups is 1. The molecule has 8 heteroatoms. The number of piperidine rings is 1. The van der Waals surface area contributed by atoms with E-state index in [0.717, 1.165) is 12.8 Å². The van der Waals surface area contributed by atoms with E-state index >= 15 is 0 Å². The van der Waals surface area contributed by atoms with Gasteiger partial charge in [0.05, 0.1) is 16.5 Å². The van der Waals surface area contributed by atoms with Crippen LogP contribution in [0.3, 0.4) is 0 Å². The third-order valence-electron chi connectivity index (χ3n) is 4.39. The number of hydrogen-bond donors (Lipinski definition) is 1. The van der Waals surface area contributed by atoms with Crippen molar-refractivity contribution < 1.29 is 17.9 Å². The van der Waals surface area contributed by atoms with E-state index in [2.05, 4.69) is 5.32 Å². The summed E-state index contributed by atoms with van der Waals surface area (Å²) in [6, 6.07) is 7.19. The van der Waals surface area contributed by atoms with Crippen LogP contribution in [-0.4, -0.2) is 43.0 Å². The Balaban J connectivity index is 2.23. The third kappa shape index (κ3) is 5.44. The molecule has 0 bridgehead atoms. The van der Waals surface area contributed by atoms with Crippen LogP contribution in [0.4, 0.5) is 4.79 Å². The molecule has 1 heterocycles. The van der Waals surface area contributed by atoms with Gasteiger partial charge in [-0.15, -0.1) is 0 Å². The highest BCUT2D eigenvalue weighted by Gasteiger charge is 2.37. The highest BCUT2D eigenvalue weighted by Crippen LogP contribution is 2.27. The minimum atomic E-state index is -3.77. The summed E-state index contributed by atoms with van der Waals surface area (Å²) in [5.74, 6) is 0. The van der Waals surface area contributed by atoms with Gasteiger partial charge in [0.25, 0.3) is 0 Å². The van der Waals surface area contributed by atoms with Gasteiger partial charge in [0.2, 0.25) is 10.0 Å². The lowest BCUT2D eigenvalue weighted by Gasteiger charge is -2.38. The quantitative estimate of drug-likeness (QED) is 0.848. The number of amides is 1. The first-order valence-corrected chi connectivity index (χ1v) is 10.5. The molecule has 1 aliphatic rings. The van der Waals surface area contributed by atoms with E-state index in [1.165, 1.54) is 16.4 Å². The van der Waals surface area contributed by atoms with Crippen molar-refractivity contribution in [3.8, 4) is 6.07 Å². The third-order valence-corrected chi connectivity index (χ3v) is 6.31. The van der Waals surface area contributed by atoms with Crippen molar-refractivity contribution in [2.24, 2.45) is 0 Å². The summed E-state index contributed by atoms with van der Waals surface area (Å²) in [4.78, 5) is 12.2. The van der Waals surface area contributed by atoms with Gasteiger partial charge < -0.3 is 10.1 Å². The molecule has 1 fully saturated rings. The normalized spacial score (nSPS) is 19.7. The fourth-order valence-electron chi connectivity index (χ4n) is 3.18. The molecule has 148 valence electrons. The first kappa shape index (κ1) is 21.2. The number of alkyl carbamates (subject to hydrolysis) is 1. The number of carbonyl (C=O) groups excluding carboxylic acids is 1. The largest absolute Gasteiger partial charge is 0.444 e. The van der Waals surface area contributed by atoms with Crippen LogP contribution in [0, 0.1) is 11.3 Å². The predicted molar refractivity (Wildman–Crippen MR) is 102 cm³/mol. The highest BCUT2D eigenvalue weighted by atomic mass is 32.2. The number of sulfonamides is 1. The van der Waals surface area contributed by atoms with Crippen molar-refractivity contribution in [1.82, 2.24) is 9.62 Å². The number of benzene rings is 1. The Bertz CT molecular complexity index is 824. The van der Waals surface area contributed by atoms with Gasteiger partial charge >= 0.3 is 6.09 Å². The van der Waals surface area contributed by atoms with Crippen molar-refractivity contribution in [1.29, 1.82) is 5.26 Å². The second-order valence-electron chi connectivity index (χ2n) is 7.75. The van der Waals surface area contributed by atoms with E-state index < -0.39 is 27.8 Å².